The average Bonchev–Trinajstić information content (AvgIpc) is 2.43. The van der Waals surface area contributed by atoms with E-state index in [2.05, 4.69) is 4.90 Å². The first kappa shape index (κ1) is 16.3. The highest BCUT2D eigenvalue weighted by atomic mass is 16.5. The summed E-state index contributed by atoms with van der Waals surface area (Å²) in [5.41, 5.74) is 12.9. The predicted molar refractivity (Wildman–Crippen MR) is 80.0 cm³/mol. The third-order valence-electron chi connectivity index (χ3n) is 2.97. The van der Waals surface area contributed by atoms with Crippen molar-refractivity contribution in [3.8, 4) is 0 Å². The molecule has 1 amide bonds. The van der Waals surface area contributed by atoms with Gasteiger partial charge in [0.25, 0.3) is 5.91 Å². The van der Waals surface area contributed by atoms with E-state index in [-0.39, 0.29) is 0 Å². The number of hydrogen-bond donors (Lipinski definition) is 2. The maximum Gasteiger partial charge on any atom is 0.250 e. The molecule has 1 rings (SSSR count). The maximum absolute atomic E-state index is 11.6. The van der Waals surface area contributed by atoms with E-state index < -0.39 is 5.91 Å². The molecule has 0 heterocycles. The van der Waals surface area contributed by atoms with Crippen LogP contribution in [0.5, 0.6) is 0 Å². The second kappa shape index (κ2) is 8.39. The van der Waals surface area contributed by atoms with Crippen LogP contribution >= 0.6 is 0 Å². The molecule has 0 unspecified atom stereocenters. The molecular weight excluding hydrogens is 258 g/mol. The first-order chi connectivity index (χ1) is 9.60. The Hall–Kier alpha value is -1.79. The summed E-state index contributed by atoms with van der Waals surface area (Å²) in [6.07, 6.45) is 0.850. The molecule has 0 saturated carbocycles. The van der Waals surface area contributed by atoms with Crippen LogP contribution in [0.4, 0.5) is 11.4 Å². The van der Waals surface area contributed by atoms with Crippen LogP contribution in [0.3, 0.4) is 0 Å². The van der Waals surface area contributed by atoms with Crippen molar-refractivity contribution >= 4 is 17.3 Å². The highest BCUT2D eigenvalue weighted by Gasteiger charge is 2.15. The summed E-state index contributed by atoms with van der Waals surface area (Å²) in [6, 6.07) is 5.18. The van der Waals surface area contributed by atoms with Gasteiger partial charge >= 0.3 is 0 Å². The van der Waals surface area contributed by atoms with Gasteiger partial charge in [-0.1, -0.05) is 0 Å². The minimum Gasteiger partial charge on any atom is -0.399 e. The summed E-state index contributed by atoms with van der Waals surface area (Å²) in [4.78, 5) is 13.6. The van der Waals surface area contributed by atoms with Gasteiger partial charge in [-0.3, -0.25) is 4.79 Å². The van der Waals surface area contributed by atoms with Crippen molar-refractivity contribution in [3.63, 3.8) is 0 Å². The topological polar surface area (TPSA) is 90.8 Å². The number of nitrogens with zero attached hydrogens (tertiary/aromatic N) is 1. The summed E-state index contributed by atoms with van der Waals surface area (Å²) < 4.78 is 10.2. The number of ether oxygens (including phenoxy) is 2. The molecule has 0 atom stereocenters. The SMILES string of the molecule is COCCCN(CCOC)c1ccc(N)cc1C(N)=O. The van der Waals surface area contributed by atoms with E-state index >= 15 is 0 Å². The Balaban J connectivity index is 2.95. The van der Waals surface area contributed by atoms with Crippen LogP contribution in [-0.4, -0.2) is 46.4 Å². The molecule has 0 aliphatic heterocycles. The summed E-state index contributed by atoms with van der Waals surface area (Å²) in [5.74, 6) is -0.485. The van der Waals surface area contributed by atoms with Crippen LogP contribution in [0, 0.1) is 0 Å². The zero-order chi connectivity index (χ0) is 15.0. The van der Waals surface area contributed by atoms with Gasteiger partial charge in [0.05, 0.1) is 12.2 Å². The van der Waals surface area contributed by atoms with Gasteiger partial charge in [-0.15, -0.1) is 0 Å². The number of nitrogen functional groups attached to an aromatic ring is 1. The molecule has 6 heteroatoms. The monoisotopic (exact) mass is 281 g/mol. The lowest BCUT2D eigenvalue weighted by molar-refractivity contribution is 0.100. The highest BCUT2D eigenvalue weighted by molar-refractivity contribution is 5.99. The Bertz CT molecular complexity index is 438. The Morgan fingerprint density at radius 2 is 1.90 bits per heavy atom. The summed E-state index contributed by atoms with van der Waals surface area (Å²) in [5, 5.41) is 0. The molecule has 1 aromatic rings. The van der Waals surface area contributed by atoms with E-state index in [0.717, 1.165) is 18.7 Å². The Morgan fingerprint density at radius 3 is 2.50 bits per heavy atom. The number of hydrogen-bond acceptors (Lipinski definition) is 5. The van der Waals surface area contributed by atoms with Gasteiger partial charge in [0.2, 0.25) is 0 Å². The molecule has 0 spiro atoms. The van der Waals surface area contributed by atoms with Crippen molar-refractivity contribution in [2.24, 2.45) is 5.73 Å². The molecule has 0 radical (unpaired) electrons. The number of carbonyl (C=O) groups is 1. The third-order valence-corrected chi connectivity index (χ3v) is 2.97. The largest absolute Gasteiger partial charge is 0.399 e. The number of benzene rings is 1. The van der Waals surface area contributed by atoms with E-state index in [1.165, 1.54) is 0 Å². The Labute approximate surface area is 119 Å². The third kappa shape index (κ3) is 4.71. The van der Waals surface area contributed by atoms with Crippen LogP contribution in [0.2, 0.25) is 0 Å². The second-order valence-electron chi connectivity index (χ2n) is 4.47. The van der Waals surface area contributed by atoms with Gasteiger partial charge in [-0.05, 0) is 24.6 Å². The fourth-order valence-corrected chi connectivity index (χ4v) is 1.98. The minimum atomic E-state index is -0.485. The summed E-state index contributed by atoms with van der Waals surface area (Å²) >= 11 is 0. The first-order valence-electron chi connectivity index (χ1n) is 6.52. The smallest absolute Gasteiger partial charge is 0.250 e. The highest BCUT2D eigenvalue weighted by Crippen LogP contribution is 2.23. The van der Waals surface area contributed by atoms with Gasteiger partial charge < -0.3 is 25.8 Å². The van der Waals surface area contributed by atoms with Crippen LogP contribution in [-0.2, 0) is 9.47 Å². The lowest BCUT2D eigenvalue weighted by Gasteiger charge is -2.26. The second-order valence-corrected chi connectivity index (χ2v) is 4.47. The maximum atomic E-state index is 11.6. The number of primary amides is 1. The Kier molecular flexibility index (Phi) is 6.83. The average molecular weight is 281 g/mol. The normalized spacial score (nSPS) is 10.5. The summed E-state index contributed by atoms with van der Waals surface area (Å²) in [7, 11) is 3.31. The molecule has 1 aromatic carbocycles. The van der Waals surface area contributed by atoms with E-state index in [1.807, 2.05) is 6.07 Å². The van der Waals surface area contributed by atoms with Gasteiger partial charge in [-0.25, -0.2) is 0 Å². The van der Waals surface area contributed by atoms with Gasteiger partial charge in [0, 0.05) is 45.3 Å². The number of nitrogens with two attached hydrogens (primary N) is 2. The van der Waals surface area contributed by atoms with E-state index in [4.69, 9.17) is 20.9 Å². The lowest BCUT2D eigenvalue weighted by Crippen LogP contribution is -2.31. The number of methoxy groups -OCH3 is 2. The van der Waals surface area contributed by atoms with Crippen molar-refractivity contribution in [3.05, 3.63) is 23.8 Å². The molecule has 0 fully saturated rings. The van der Waals surface area contributed by atoms with E-state index in [0.29, 0.717) is 31.0 Å². The molecule has 112 valence electrons. The molecule has 0 aromatic heterocycles. The van der Waals surface area contributed by atoms with Crippen molar-refractivity contribution in [1.29, 1.82) is 0 Å². The fourth-order valence-electron chi connectivity index (χ4n) is 1.98. The lowest BCUT2D eigenvalue weighted by atomic mass is 10.1. The standard InChI is InChI=1S/C14H23N3O3/c1-19-8-3-6-17(7-9-20-2)13-5-4-11(15)10-12(13)14(16)18/h4-5,10H,3,6-9,15H2,1-2H3,(H2,16,18). The van der Waals surface area contributed by atoms with Gasteiger partial charge in [0.1, 0.15) is 0 Å². The van der Waals surface area contributed by atoms with Crippen LogP contribution in [0.15, 0.2) is 18.2 Å². The zero-order valence-corrected chi connectivity index (χ0v) is 12.1. The van der Waals surface area contributed by atoms with Crippen molar-refractivity contribution < 1.29 is 14.3 Å². The number of rotatable bonds is 9. The molecular formula is C14H23N3O3. The summed E-state index contributed by atoms with van der Waals surface area (Å²) in [6.45, 7) is 2.64. The zero-order valence-electron chi connectivity index (χ0n) is 12.1. The van der Waals surface area contributed by atoms with Gasteiger partial charge in [0.15, 0.2) is 0 Å². The number of anilines is 2. The number of carbonyl (C=O) groups excluding carboxylic acids is 1. The molecule has 0 bridgehead atoms. The predicted octanol–water partition coefficient (Wildman–Crippen LogP) is 0.857. The van der Waals surface area contributed by atoms with Crippen LogP contribution in [0.25, 0.3) is 0 Å². The van der Waals surface area contributed by atoms with E-state index in [1.54, 1.807) is 26.4 Å². The van der Waals surface area contributed by atoms with Gasteiger partial charge in [-0.2, -0.15) is 0 Å². The quantitative estimate of drug-likeness (QED) is 0.517. The molecule has 0 aliphatic rings. The first-order valence-corrected chi connectivity index (χ1v) is 6.52. The molecule has 0 saturated heterocycles. The molecule has 20 heavy (non-hydrogen) atoms. The van der Waals surface area contributed by atoms with Crippen molar-refractivity contribution in [2.45, 2.75) is 6.42 Å². The minimum absolute atomic E-state index is 0.429. The van der Waals surface area contributed by atoms with Crippen molar-refractivity contribution in [1.82, 2.24) is 0 Å². The van der Waals surface area contributed by atoms with Crippen molar-refractivity contribution in [2.75, 3.05) is 51.2 Å². The molecule has 0 aliphatic carbocycles. The van der Waals surface area contributed by atoms with E-state index in [9.17, 15) is 4.79 Å². The molecule has 6 nitrogen and oxygen atoms in total. The van der Waals surface area contributed by atoms with Crippen LogP contribution in [0.1, 0.15) is 16.8 Å². The fraction of sp³-hybridized carbons (Fsp3) is 0.500. The Morgan fingerprint density at radius 1 is 1.20 bits per heavy atom. The van der Waals surface area contributed by atoms with Crippen LogP contribution < -0.4 is 16.4 Å². The molecule has 4 N–H and O–H groups in total. The number of amides is 1.